The summed E-state index contributed by atoms with van der Waals surface area (Å²) in [6.07, 6.45) is 5.69. The van der Waals surface area contributed by atoms with Crippen LogP contribution in [0.1, 0.15) is 23.8 Å². The maximum atomic E-state index is 12.1. The van der Waals surface area contributed by atoms with Gasteiger partial charge in [-0.1, -0.05) is 42.4 Å². The van der Waals surface area contributed by atoms with E-state index in [0.717, 1.165) is 12.0 Å². The predicted molar refractivity (Wildman–Crippen MR) is 103 cm³/mol. The Morgan fingerprint density at radius 1 is 1.14 bits per heavy atom. The van der Waals surface area contributed by atoms with Crippen LogP contribution in [-0.2, 0) is 0 Å². The Balaban J connectivity index is 1.66. The number of nitrogens with zero attached hydrogens (tertiary/aromatic N) is 5. The monoisotopic (exact) mass is 374 g/mol. The molecule has 0 aliphatic carbocycles. The van der Waals surface area contributed by atoms with Crippen molar-refractivity contribution < 1.29 is 9.32 Å². The quantitative estimate of drug-likeness (QED) is 0.557. The molecule has 0 atom stereocenters. The Kier molecular flexibility index (Phi) is 4.92. The third-order valence-corrected chi connectivity index (χ3v) is 4.07. The molecule has 8 nitrogen and oxygen atoms in total. The van der Waals surface area contributed by atoms with Gasteiger partial charge in [-0.15, -0.1) is 0 Å². The second-order valence-electron chi connectivity index (χ2n) is 6.09. The van der Waals surface area contributed by atoms with Gasteiger partial charge in [-0.05, 0) is 18.6 Å². The zero-order valence-electron chi connectivity index (χ0n) is 15.2. The molecule has 0 fully saturated rings. The van der Waals surface area contributed by atoms with E-state index >= 15 is 0 Å². The van der Waals surface area contributed by atoms with Crippen molar-refractivity contribution >= 4 is 5.91 Å². The van der Waals surface area contributed by atoms with Gasteiger partial charge in [0.05, 0.1) is 5.56 Å². The van der Waals surface area contributed by atoms with Crippen LogP contribution in [-0.4, -0.2) is 37.1 Å². The van der Waals surface area contributed by atoms with Gasteiger partial charge in [0, 0.05) is 24.5 Å². The second kappa shape index (κ2) is 7.83. The lowest BCUT2D eigenvalue weighted by Crippen LogP contribution is -2.24. The average molecular weight is 374 g/mol. The van der Waals surface area contributed by atoms with Gasteiger partial charge in [-0.3, -0.25) is 9.36 Å². The molecule has 28 heavy (non-hydrogen) atoms. The van der Waals surface area contributed by atoms with E-state index in [4.69, 9.17) is 4.52 Å². The van der Waals surface area contributed by atoms with E-state index in [0.29, 0.717) is 35.3 Å². The molecule has 4 aromatic rings. The van der Waals surface area contributed by atoms with Gasteiger partial charge in [0.1, 0.15) is 12.0 Å². The fourth-order valence-electron chi connectivity index (χ4n) is 2.69. The maximum Gasteiger partial charge on any atom is 0.271 e. The molecule has 0 spiro atoms. The smallest absolute Gasteiger partial charge is 0.271 e. The maximum absolute atomic E-state index is 12.1. The molecule has 8 heteroatoms. The van der Waals surface area contributed by atoms with Crippen LogP contribution in [0, 0.1) is 0 Å². The molecule has 0 unspecified atom stereocenters. The van der Waals surface area contributed by atoms with Crippen LogP contribution >= 0.6 is 0 Å². The van der Waals surface area contributed by atoms with Crippen molar-refractivity contribution in [1.82, 2.24) is 30.0 Å². The Morgan fingerprint density at radius 3 is 2.82 bits per heavy atom. The van der Waals surface area contributed by atoms with Crippen molar-refractivity contribution in [2.24, 2.45) is 0 Å². The van der Waals surface area contributed by atoms with Crippen molar-refractivity contribution in [3.8, 4) is 28.7 Å². The number of amides is 1. The molecule has 140 valence electrons. The first-order valence-corrected chi connectivity index (χ1v) is 8.93. The number of imidazole rings is 1. The summed E-state index contributed by atoms with van der Waals surface area (Å²) >= 11 is 0. The minimum atomic E-state index is -0.220. The number of aromatic nitrogens is 5. The molecule has 1 N–H and O–H groups in total. The summed E-state index contributed by atoms with van der Waals surface area (Å²) < 4.78 is 7.13. The highest BCUT2D eigenvalue weighted by Crippen LogP contribution is 2.26. The van der Waals surface area contributed by atoms with E-state index < -0.39 is 0 Å². The number of rotatable bonds is 6. The average Bonchev–Trinajstić information content (AvgIpc) is 3.43. The highest BCUT2D eigenvalue weighted by atomic mass is 16.5. The number of pyridine rings is 1. The summed E-state index contributed by atoms with van der Waals surface area (Å²) in [5.41, 5.74) is 1.83. The van der Waals surface area contributed by atoms with Crippen molar-refractivity contribution in [3.63, 3.8) is 0 Å². The van der Waals surface area contributed by atoms with Gasteiger partial charge in [0.25, 0.3) is 11.8 Å². The van der Waals surface area contributed by atoms with Crippen molar-refractivity contribution in [3.05, 3.63) is 66.9 Å². The van der Waals surface area contributed by atoms with Crippen LogP contribution in [0.4, 0.5) is 0 Å². The van der Waals surface area contributed by atoms with E-state index in [1.807, 2.05) is 43.3 Å². The first-order valence-electron chi connectivity index (χ1n) is 8.93. The van der Waals surface area contributed by atoms with Crippen LogP contribution in [0.25, 0.3) is 28.7 Å². The van der Waals surface area contributed by atoms with Gasteiger partial charge in [-0.25, -0.2) is 9.97 Å². The van der Waals surface area contributed by atoms with Crippen molar-refractivity contribution in [2.45, 2.75) is 13.3 Å². The summed E-state index contributed by atoms with van der Waals surface area (Å²) in [5.74, 6) is 1.17. The zero-order valence-corrected chi connectivity index (χ0v) is 15.2. The number of hydrogen-bond donors (Lipinski definition) is 1. The number of carbonyl (C=O) groups excluding carboxylic acids is 1. The number of nitrogens with one attached hydrogen (secondary N) is 1. The molecule has 3 aromatic heterocycles. The Bertz CT molecular complexity index is 1090. The molecule has 1 aromatic carbocycles. The third kappa shape index (κ3) is 3.52. The summed E-state index contributed by atoms with van der Waals surface area (Å²) in [4.78, 5) is 25.2. The topological polar surface area (TPSA) is 98.7 Å². The molecule has 0 saturated carbocycles. The largest absolute Gasteiger partial charge is 0.351 e. The summed E-state index contributed by atoms with van der Waals surface area (Å²) in [6.45, 7) is 2.60. The Hall–Kier alpha value is -3.81. The molecule has 0 bridgehead atoms. The lowest BCUT2D eigenvalue weighted by molar-refractivity contribution is 0.0949. The van der Waals surface area contributed by atoms with Crippen LogP contribution in [0.15, 0.2) is 65.7 Å². The van der Waals surface area contributed by atoms with Crippen LogP contribution in [0.2, 0.25) is 0 Å². The molecule has 0 aliphatic rings. The number of benzene rings is 1. The molecular formula is C20H18N6O2. The Morgan fingerprint density at radius 2 is 2.00 bits per heavy atom. The second-order valence-corrected chi connectivity index (χ2v) is 6.09. The van der Waals surface area contributed by atoms with Gasteiger partial charge >= 0.3 is 0 Å². The van der Waals surface area contributed by atoms with E-state index in [9.17, 15) is 4.79 Å². The normalized spacial score (nSPS) is 10.8. The van der Waals surface area contributed by atoms with Gasteiger partial charge < -0.3 is 9.84 Å². The molecule has 4 rings (SSSR count). The molecule has 3 heterocycles. The summed E-state index contributed by atoms with van der Waals surface area (Å²) in [5, 5.41) is 6.87. The standard InChI is InChI=1S/C20H18N6O2/c1-2-10-22-19(27)16-12-26(13-23-16)18-15(9-6-11-21-18)20-24-17(25-28-20)14-7-4-3-5-8-14/h3-9,11-13H,2,10H2,1H3,(H,22,27). The van der Waals surface area contributed by atoms with Crippen LogP contribution < -0.4 is 5.32 Å². The highest BCUT2D eigenvalue weighted by Gasteiger charge is 2.17. The summed E-state index contributed by atoms with van der Waals surface area (Å²) in [7, 11) is 0. The van der Waals surface area contributed by atoms with Crippen molar-refractivity contribution in [1.29, 1.82) is 0 Å². The van der Waals surface area contributed by atoms with E-state index in [-0.39, 0.29) is 5.91 Å². The SMILES string of the molecule is CCCNC(=O)c1cn(-c2ncccc2-c2nc(-c3ccccc3)no2)cn1. The molecule has 1 amide bonds. The van der Waals surface area contributed by atoms with Gasteiger partial charge in [-0.2, -0.15) is 4.98 Å². The minimum absolute atomic E-state index is 0.220. The minimum Gasteiger partial charge on any atom is -0.351 e. The third-order valence-electron chi connectivity index (χ3n) is 4.07. The lowest BCUT2D eigenvalue weighted by Gasteiger charge is -2.05. The fourth-order valence-corrected chi connectivity index (χ4v) is 2.69. The fraction of sp³-hybridized carbons (Fsp3) is 0.150. The van der Waals surface area contributed by atoms with E-state index in [1.54, 1.807) is 29.4 Å². The van der Waals surface area contributed by atoms with E-state index in [1.165, 1.54) is 0 Å². The molecule has 0 aliphatic heterocycles. The molecular weight excluding hydrogens is 356 g/mol. The summed E-state index contributed by atoms with van der Waals surface area (Å²) in [6, 6.07) is 13.2. The van der Waals surface area contributed by atoms with Crippen molar-refractivity contribution in [2.75, 3.05) is 6.54 Å². The number of hydrogen-bond acceptors (Lipinski definition) is 6. The first-order chi connectivity index (χ1) is 13.8. The highest BCUT2D eigenvalue weighted by molar-refractivity contribution is 5.92. The molecule has 0 saturated heterocycles. The molecule has 0 radical (unpaired) electrons. The van der Waals surface area contributed by atoms with Crippen LogP contribution in [0.5, 0.6) is 0 Å². The Labute approximate surface area is 161 Å². The predicted octanol–water partition coefficient (Wildman–Crippen LogP) is 3.12. The van der Waals surface area contributed by atoms with Gasteiger partial charge in [0.15, 0.2) is 5.82 Å². The first kappa shape index (κ1) is 17.6. The zero-order chi connectivity index (χ0) is 19.3. The van der Waals surface area contributed by atoms with Gasteiger partial charge in [0.2, 0.25) is 5.82 Å². The van der Waals surface area contributed by atoms with E-state index in [2.05, 4.69) is 25.4 Å². The lowest BCUT2D eigenvalue weighted by atomic mass is 10.2. The van der Waals surface area contributed by atoms with Crippen LogP contribution in [0.3, 0.4) is 0 Å². The number of carbonyl (C=O) groups is 1.